The Morgan fingerprint density at radius 2 is 1.76 bits per heavy atom. The van der Waals surface area contributed by atoms with Gasteiger partial charge in [0.25, 0.3) is 5.91 Å². The molecule has 0 bridgehead atoms. The number of hydrogen-bond acceptors (Lipinski definition) is 5. The first-order chi connectivity index (χ1) is 17.8. The maximum absolute atomic E-state index is 13.6. The predicted octanol–water partition coefficient (Wildman–Crippen LogP) is 5.93. The molecule has 6 nitrogen and oxygen atoms in total. The average molecular weight is 515 g/mol. The summed E-state index contributed by atoms with van der Waals surface area (Å²) in [7, 11) is 0. The number of benzene rings is 3. The molecule has 0 saturated carbocycles. The molecule has 0 saturated heterocycles. The molecule has 0 spiro atoms. The zero-order valence-electron chi connectivity index (χ0n) is 20.9. The summed E-state index contributed by atoms with van der Waals surface area (Å²) in [5.74, 6) is -0.913. The van der Waals surface area contributed by atoms with Crippen molar-refractivity contribution < 1.29 is 14.0 Å². The van der Waals surface area contributed by atoms with Gasteiger partial charge >= 0.3 is 0 Å². The molecule has 2 heterocycles. The highest BCUT2D eigenvalue weighted by atomic mass is 32.2. The third-order valence-electron chi connectivity index (χ3n) is 6.64. The fourth-order valence-corrected chi connectivity index (χ4v) is 5.42. The van der Waals surface area contributed by atoms with E-state index in [4.69, 9.17) is 5.10 Å². The van der Waals surface area contributed by atoms with Crippen molar-refractivity contribution in [1.82, 2.24) is 5.01 Å². The summed E-state index contributed by atoms with van der Waals surface area (Å²) in [6.07, 6.45) is 0.591. The van der Waals surface area contributed by atoms with Gasteiger partial charge in [-0.25, -0.2) is 9.40 Å². The lowest BCUT2D eigenvalue weighted by atomic mass is 9.98. The molecule has 0 fully saturated rings. The maximum atomic E-state index is 13.6. The van der Waals surface area contributed by atoms with Crippen LogP contribution in [0.1, 0.15) is 46.7 Å². The summed E-state index contributed by atoms with van der Waals surface area (Å²) in [5.41, 5.74) is 6.80. The van der Waals surface area contributed by atoms with Crippen molar-refractivity contribution in [2.75, 3.05) is 5.32 Å². The van der Waals surface area contributed by atoms with Crippen LogP contribution in [0.2, 0.25) is 0 Å². The number of rotatable bonds is 5. The Hall–Kier alpha value is -3.78. The number of amides is 2. The van der Waals surface area contributed by atoms with E-state index in [0.29, 0.717) is 17.3 Å². The number of nitrogens with zero attached hydrogens (tertiary/aromatic N) is 3. The first-order valence-electron chi connectivity index (χ1n) is 12.1. The second kappa shape index (κ2) is 10.3. The fraction of sp³-hybridized carbons (Fsp3) is 0.241. The minimum absolute atomic E-state index is 0.00696. The highest BCUT2D eigenvalue weighted by molar-refractivity contribution is 8.15. The van der Waals surface area contributed by atoms with Gasteiger partial charge in [-0.2, -0.15) is 10.1 Å². The SMILES string of the molecule is Cc1ccc(C2=NN(C3=NC(=O)[C@H](CC(=O)Nc4ccc(C)c(C)c4)S3)[C@@H](c3ccc(F)cc3)C2)cc1. The van der Waals surface area contributed by atoms with Crippen LogP contribution in [0.25, 0.3) is 0 Å². The molecule has 3 aromatic carbocycles. The zero-order chi connectivity index (χ0) is 26.1. The van der Waals surface area contributed by atoms with Crippen LogP contribution < -0.4 is 5.32 Å². The second-order valence-electron chi connectivity index (χ2n) is 9.42. The van der Waals surface area contributed by atoms with Gasteiger partial charge in [-0.15, -0.1) is 0 Å². The van der Waals surface area contributed by atoms with E-state index in [1.54, 1.807) is 17.1 Å². The number of carbonyl (C=O) groups is 2. The molecule has 2 aliphatic heterocycles. The first-order valence-corrected chi connectivity index (χ1v) is 13.0. The number of carbonyl (C=O) groups excluding carboxylic acids is 2. The number of thioether (sulfide) groups is 1. The summed E-state index contributed by atoms with van der Waals surface area (Å²) in [5, 5.41) is 9.28. The van der Waals surface area contributed by atoms with Crippen LogP contribution in [0.4, 0.5) is 10.1 Å². The van der Waals surface area contributed by atoms with Gasteiger partial charge in [0.1, 0.15) is 11.1 Å². The van der Waals surface area contributed by atoms with Crippen molar-refractivity contribution in [2.45, 2.75) is 44.9 Å². The lowest BCUT2D eigenvalue weighted by Gasteiger charge is -2.23. The predicted molar refractivity (Wildman–Crippen MR) is 146 cm³/mol. The molecule has 188 valence electrons. The molecule has 0 unspecified atom stereocenters. The number of nitrogens with one attached hydrogen (secondary N) is 1. The first kappa shape index (κ1) is 24.9. The van der Waals surface area contributed by atoms with Crippen molar-refractivity contribution >= 4 is 40.1 Å². The third-order valence-corrected chi connectivity index (χ3v) is 7.78. The largest absolute Gasteiger partial charge is 0.326 e. The molecule has 0 aliphatic carbocycles. The van der Waals surface area contributed by atoms with Gasteiger partial charge in [-0.1, -0.05) is 59.8 Å². The number of halogens is 1. The average Bonchev–Trinajstić information content (AvgIpc) is 3.46. The Morgan fingerprint density at radius 1 is 1.03 bits per heavy atom. The van der Waals surface area contributed by atoms with E-state index in [2.05, 4.69) is 10.3 Å². The van der Waals surface area contributed by atoms with E-state index in [1.165, 1.54) is 23.9 Å². The second-order valence-corrected chi connectivity index (χ2v) is 10.6. The van der Waals surface area contributed by atoms with Crippen molar-refractivity contribution in [3.63, 3.8) is 0 Å². The summed E-state index contributed by atoms with van der Waals surface area (Å²) in [6.45, 7) is 6.03. The molecular weight excluding hydrogens is 487 g/mol. The normalized spacial score (nSPS) is 19.1. The molecule has 1 N–H and O–H groups in total. The highest BCUT2D eigenvalue weighted by Gasteiger charge is 2.39. The van der Waals surface area contributed by atoms with E-state index < -0.39 is 5.25 Å². The number of hydrazone groups is 1. The van der Waals surface area contributed by atoms with E-state index in [-0.39, 0.29) is 30.1 Å². The maximum Gasteiger partial charge on any atom is 0.262 e. The van der Waals surface area contributed by atoms with Crippen molar-refractivity contribution in [1.29, 1.82) is 0 Å². The highest BCUT2D eigenvalue weighted by Crippen LogP contribution is 2.38. The number of aryl methyl sites for hydroxylation is 3. The van der Waals surface area contributed by atoms with Crippen LogP contribution in [0, 0.1) is 26.6 Å². The smallest absolute Gasteiger partial charge is 0.262 e. The number of aliphatic imine (C=N–C) groups is 1. The molecule has 0 aromatic heterocycles. The summed E-state index contributed by atoms with van der Waals surface area (Å²) >= 11 is 1.25. The molecule has 2 atom stereocenters. The summed E-state index contributed by atoms with van der Waals surface area (Å²) < 4.78 is 13.6. The van der Waals surface area contributed by atoms with Crippen molar-refractivity contribution in [2.24, 2.45) is 10.1 Å². The summed E-state index contributed by atoms with van der Waals surface area (Å²) in [4.78, 5) is 29.8. The van der Waals surface area contributed by atoms with E-state index in [1.807, 2.05) is 63.2 Å². The Kier molecular flexibility index (Phi) is 6.93. The number of amidine groups is 1. The van der Waals surface area contributed by atoms with Crippen LogP contribution in [-0.4, -0.2) is 33.0 Å². The standard InChI is InChI=1S/C29H27FN4O2S/c1-17-4-7-20(8-5-17)24-15-25(21-9-11-22(30)12-10-21)34(33-24)29-32-28(36)26(37-29)16-27(35)31-23-13-6-18(2)19(3)14-23/h4-14,25-26H,15-16H2,1-3H3,(H,31,35)/t25-,26+/m1/s1. The third kappa shape index (κ3) is 5.49. The number of hydrogen-bond donors (Lipinski definition) is 1. The van der Waals surface area contributed by atoms with Crippen LogP contribution in [0.15, 0.2) is 76.8 Å². The zero-order valence-corrected chi connectivity index (χ0v) is 21.7. The van der Waals surface area contributed by atoms with Gasteiger partial charge in [0.05, 0.1) is 11.8 Å². The van der Waals surface area contributed by atoms with Gasteiger partial charge < -0.3 is 5.32 Å². The fourth-order valence-electron chi connectivity index (χ4n) is 4.36. The van der Waals surface area contributed by atoms with E-state index in [9.17, 15) is 14.0 Å². The van der Waals surface area contributed by atoms with Crippen molar-refractivity contribution in [3.05, 3.63) is 100 Å². The molecule has 3 aromatic rings. The molecule has 0 radical (unpaired) electrons. The van der Waals surface area contributed by atoms with Gasteiger partial charge in [0.2, 0.25) is 5.91 Å². The molecule has 37 heavy (non-hydrogen) atoms. The Labute approximate surface area is 219 Å². The minimum Gasteiger partial charge on any atom is -0.326 e. The Balaban J connectivity index is 1.34. The topological polar surface area (TPSA) is 74.1 Å². The monoisotopic (exact) mass is 514 g/mol. The van der Waals surface area contributed by atoms with Crippen LogP contribution >= 0.6 is 11.8 Å². The van der Waals surface area contributed by atoms with Gasteiger partial charge in [0.15, 0.2) is 5.17 Å². The molecule has 5 rings (SSSR count). The van der Waals surface area contributed by atoms with Crippen LogP contribution in [0.3, 0.4) is 0 Å². The lowest BCUT2D eigenvalue weighted by molar-refractivity contribution is -0.121. The van der Waals surface area contributed by atoms with Gasteiger partial charge in [0, 0.05) is 18.5 Å². The minimum atomic E-state index is -0.631. The summed E-state index contributed by atoms with van der Waals surface area (Å²) in [6, 6.07) is 19.9. The lowest BCUT2D eigenvalue weighted by Crippen LogP contribution is -2.25. The van der Waals surface area contributed by atoms with E-state index in [0.717, 1.165) is 33.5 Å². The van der Waals surface area contributed by atoms with Crippen LogP contribution in [-0.2, 0) is 9.59 Å². The van der Waals surface area contributed by atoms with Crippen LogP contribution in [0.5, 0.6) is 0 Å². The quantitative estimate of drug-likeness (QED) is 0.458. The van der Waals surface area contributed by atoms with Gasteiger partial charge in [-0.3, -0.25) is 9.59 Å². The van der Waals surface area contributed by atoms with E-state index >= 15 is 0 Å². The number of anilines is 1. The Bertz CT molecular complexity index is 1420. The molecule has 2 amide bonds. The molecular formula is C29H27FN4O2S. The Morgan fingerprint density at radius 3 is 2.46 bits per heavy atom. The van der Waals surface area contributed by atoms with Crippen molar-refractivity contribution in [3.8, 4) is 0 Å². The molecule has 8 heteroatoms. The van der Waals surface area contributed by atoms with Gasteiger partial charge in [-0.05, 0) is 67.3 Å². The molecule has 2 aliphatic rings.